The van der Waals surface area contributed by atoms with Crippen molar-refractivity contribution < 1.29 is 0 Å². The van der Waals surface area contributed by atoms with E-state index in [1.807, 2.05) is 54.6 Å². The number of nitrogens with one attached hydrogen (secondary N) is 1. The van der Waals surface area contributed by atoms with E-state index in [-0.39, 0.29) is 0 Å². The van der Waals surface area contributed by atoms with Crippen molar-refractivity contribution >= 4 is 10.9 Å². The minimum Gasteiger partial charge on any atom is -0.346 e. The maximum absolute atomic E-state index is 9.20. The first-order chi connectivity index (χ1) is 8.40. The number of fused-ring (bicyclic) bond motifs is 1. The summed E-state index contributed by atoms with van der Waals surface area (Å²) < 4.78 is 0. The van der Waals surface area contributed by atoms with Crippen LogP contribution in [0.1, 0.15) is 5.69 Å². The number of H-pyrrole nitrogens is 1. The molecule has 0 radical (unpaired) electrons. The van der Waals surface area contributed by atoms with Crippen LogP contribution in [0.3, 0.4) is 0 Å². The fourth-order valence-corrected chi connectivity index (χ4v) is 2.13. The summed E-state index contributed by atoms with van der Waals surface area (Å²) in [7, 11) is 0. The molecule has 3 rings (SSSR count). The highest BCUT2D eigenvalue weighted by Gasteiger charge is 2.11. The summed E-state index contributed by atoms with van der Waals surface area (Å²) >= 11 is 0. The maximum atomic E-state index is 9.20. The lowest BCUT2D eigenvalue weighted by Crippen LogP contribution is -1.79. The molecule has 0 saturated heterocycles. The Bertz CT molecular complexity index is 703. The second-order valence-corrected chi connectivity index (χ2v) is 3.90. The predicted molar refractivity (Wildman–Crippen MR) is 68.4 cm³/mol. The van der Waals surface area contributed by atoms with E-state index in [0.29, 0.717) is 5.69 Å². The molecule has 0 saturated carbocycles. The Kier molecular flexibility index (Phi) is 2.16. The Morgan fingerprint density at radius 3 is 2.35 bits per heavy atom. The highest BCUT2D eigenvalue weighted by atomic mass is 14.7. The zero-order valence-electron chi connectivity index (χ0n) is 9.14. The molecule has 0 aliphatic rings. The van der Waals surface area contributed by atoms with Gasteiger partial charge in [0.15, 0.2) is 0 Å². The van der Waals surface area contributed by atoms with Crippen LogP contribution >= 0.6 is 0 Å². The van der Waals surface area contributed by atoms with Crippen LogP contribution in [0.15, 0.2) is 54.6 Å². The second kappa shape index (κ2) is 3.80. The largest absolute Gasteiger partial charge is 0.346 e. The summed E-state index contributed by atoms with van der Waals surface area (Å²) in [6.07, 6.45) is 0. The molecule has 0 aliphatic carbocycles. The van der Waals surface area contributed by atoms with Gasteiger partial charge in [-0.15, -0.1) is 0 Å². The predicted octanol–water partition coefficient (Wildman–Crippen LogP) is 3.71. The van der Waals surface area contributed by atoms with Crippen molar-refractivity contribution in [3.8, 4) is 17.2 Å². The van der Waals surface area contributed by atoms with E-state index in [0.717, 1.165) is 22.0 Å². The lowest BCUT2D eigenvalue weighted by atomic mass is 10.0. The van der Waals surface area contributed by atoms with Crippen LogP contribution in [0.2, 0.25) is 0 Å². The molecule has 3 aromatic rings. The van der Waals surface area contributed by atoms with Gasteiger partial charge in [-0.05, 0) is 11.6 Å². The molecule has 0 bridgehead atoms. The fraction of sp³-hybridized carbons (Fsp3) is 0. The molecule has 1 heterocycles. The highest BCUT2D eigenvalue weighted by Crippen LogP contribution is 2.31. The van der Waals surface area contributed by atoms with Crippen molar-refractivity contribution in [1.29, 1.82) is 5.26 Å². The van der Waals surface area contributed by atoms with Crippen LogP contribution in [0, 0.1) is 11.3 Å². The van der Waals surface area contributed by atoms with Crippen molar-refractivity contribution in [2.75, 3.05) is 0 Å². The first kappa shape index (κ1) is 9.68. The summed E-state index contributed by atoms with van der Waals surface area (Å²) in [5.41, 5.74) is 3.69. The number of benzene rings is 2. The molecule has 0 aliphatic heterocycles. The SMILES string of the molecule is N#Cc1[nH]c2ccccc2c1-c1ccccc1. The quantitative estimate of drug-likeness (QED) is 0.664. The van der Waals surface area contributed by atoms with Crippen molar-refractivity contribution in [2.45, 2.75) is 0 Å². The normalized spacial score (nSPS) is 10.3. The van der Waals surface area contributed by atoms with Crippen molar-refractivity contribution in [3.05, 3.63) is 60.3 Å². The fourth-order valence-electron chi connectivity index (χ4n) is 2.13. The zero-order chi connectivity index (χ0) is 11.7. The summed E-state index contributed by atoms with van der Waals surface area (Å²) in [6, 6.07) is 20.2. The monoisotopic (exact) mass is 218 g/mol. The van der Waals surface area contributed by atoms with E-state index in [9.17, 15) is 5.26 Å². The Morgan fingerprint density at radius 2 is 1.59 bits per heavy atom. The summed E-state index contributed by atoms with van der Waals surface area (Å²) in [6.45, 7) is 0. The van der Waals surface area contributed by atoms with Crippen molar-refractivity contribution in [1.82, 2.24) is 4.98 Å². The van der Waals surface area contributed by atoms with Gasteiger partial charge in [0.05, 0.1) is 0 Å². The van der Waals surface area contributed by atoms with Crippen LogP contribution in [0.4, 0.5) is 0 Å². The van der Waals surface area contributed by atoms with Crippen molar-refractivity contribution in [2.24, 2.45) is 0 Å². The van der Waals surface area contributed by atoms with Crippen LogP contribution in [0.5, 0.6) is 0 Å². The molecule has 0 spiro atoms. The van der Waals surface area contributed by atoms with E-state index in [1.54, 1.807) is 0 Å². The van der Waals surface area contributed by atoms with Gasteiger partial charge < -0.3 is 4.98 Å². The number of aromatic amines is 1. The van der Waals surface area contributed by atoms with Crippen LogP contribution in [-0.2, 0) is 0 Å². The minimum atomic E-state index is 0.623. The van der Waals surface area contributed by atoms with E-state index in [2.05, 4.69) is 11.1 Å². The van der Waals surface area contributed by atoms with E-state index in [1.165, 1.54) is 0 Å². The molecule has 80 valence electrons. The van der Waals surface area contributed by atoms with Gasteiger partial charge in [-0.3, -0.25) is 0 Å². The second-order valence-electron chi connectivity index (χ2n) is 3.90. The standard InChI is InChI=1S/C15H10N2/c16-10-14-15(11-6-2-1-3-7-11)12-8-4-5-9-13(12)17-14/h1-9,17H. The van der Waals surface area contributed by atoms with Gasteiger partial charge in [0.1, 0.15) is 11.8 Å². The van der Waals surface area contributed by atoms with Crippen LogP contribution < -0.4 is 0 Å². The molecule has 1 aromatic heterocycles. The number of nitrogens with zero attached hydrogens (tertiary/aromatic N) is 1. The van der Waals surface area contributed by atoms with Gasteiger partial charge in [0.2, 0.25) is 0 Å². The van der Waals surface area contributed by atoms with Gasteiger partial charge >= 0.3 is 0 Å². The van der Waals surface area contributed by atoms with Gasteiger partial charge in [0.25, 0.3) is 0 Å². The first-order valence-corrected chi connectivity index (χ1v) is 5.46. The summed E-state index contributed by atoms with van der Waals surface area (Å²) in [5.74, 6) is 0. The Hall–Kier alpha value is -2.53. The maximum Gasteiger partial charge on any atom is 0.126 e. The molecular formula is C15H10N2. The smallest absolute Gasteiger partial charge is 0.126 e. The highest BCUT2D eigenvalue weighted by molar-refractivity contribution is 5.98. The topological polar surface area (TPSA) is 39.6 Å². The third kappa shape index (κ3) is 1.49. The Morgan fingerprint density at radius 1 is 0.882 bits per heavy atom. The lowest BCUT2D eigenvalue weighted by Gasteiger charge is -1.99. The molecule has 2 aromatic carbocycles. The molecule has 2 heteroatoms. The first-order valence-electron chi connectivity index (χ1n) is 5.46. The molecule has 17 heavy (non-hydrogen) atoms. The molecule has 0 amide bonds. The average molecular weight is 218 g/mol. The van der Waals surface area contributed by atoms with Crippen LogP contribution in [-0.4, -0.2) is 4.98 Å². The molecule has 2 nitrogen and oxygen atoms in total. The van der Waals surface area contributed by atoms with Gasteiger partial charge in [-0.25, -0.2) is 0 Å². The third-order valence-corrected chi connectivity index (χ3v) is 2.88. The van der Waals surface area contributed by atoms with Crippen molar-refractivity contribution in [3.63, 3.8) is 0 Å². The lowest BCUT2D eigenvalue weighted by molar-refractivity contribution is 1.37. The molecular weight excluding hydrogens is 208 g/mol. The zero-order valence-corrected chi connectivity index (χ0v) is 9.14. The number of rotatable bonds is 1. The number of hydrogen-bond donors (Lipinski definition) is 1. The minimum absolute atomic E-state index is 0.623. The van der Waals surface area contributed by atoms with E-state index in [4.69, 9.17) is 0 Å². The summed E-state index contributed by atoms with van der Waals surface area (Å²) in [5, 5.41) is 10.3. The third-order valence-electron chi connectivity index (χ3n) is 2.88. The Labute approximate surface area is 99.1 Å². The molecule has 0 fully saturated rings. The molecule has 1 N–H and O–H groups in total. The van der Waals surface area contributed by atoms with E-state index < -0.39 is 0 Å². The van der Waals surface area contributed by atoms with E-state index >= 15 is 0 Å². The van der Waals surface area contributed by atoms with Gasteiger partial charge in [-0.1, -0.05) is 48.5 Å². The van der Waals surface area contributed by atoms with Gasteiger partial charge in [0, 0.05) is 16.5 Å². The Balaban J connectivity index is 2.39. The molecule has 0 unspecified atom stereocenters. The number of aromatic nitrogens is 1. The number of nitriles is 1. The summed E-state index contributed by atoms with van der Waals surface area (Å²) in [4.78, 5) is 3.15. The number of hydrogen-bond acceptors (Lipinski definition) is 1. The molecule has 0 atom stereocenters. The number of para-hydroxylation sites is 1. The van der Waals surface area contributed by atoms with Crippen LogP contribution in [0.25, 0.3) is 22.0 Å². The average Bonchev–Trinajstić information content (AvgIpc) is 2.78. The van der Waals surface area contributed by atoms with Gasteiger partial charge in [-0.2, -0.15) is 5.26 Å².